The van der Waals surface area contributed by atoms with E-state index in [0.717, 1.165) is 57.7 Å². The third kappa shape index (κ3) is 4.96. The zero-order chi connectivity index (χ0) is 30.4. The largest absolute Gasteiger partial charge is 0.508 e. The number of ether oxygens (including phenoxy) is 2. The van der Waals surface area contributed by atoms with Crippen molar-refractivity contribution in [1.82, 2.24) is 19.7 Å². The predicted octanol–water partition coefficient (Wildman–Crippen LogP) is 6.36. The van der Waals surface area contributed by atoms with Gasteiger partial charge in [0.2, 0.25) is 5.91 Å². The van der Waals surface area contributed by atoms with Crippen LogP contribution in [0.1, 0.15) is 82.6 Å². The van der Waals surface area contributed by atoms with Crippen LogP contribution in [-0.2, 0) is 13.0 Å². The van der Waals surface area contributed by atoms with Crippen LogP contribution in [0.3, 0.4) is 0 Å². The third-order valence-electron chi connectivity index (χ3n) is 9.25. The molecule has 1 saturated carbocycles. The van der Waals surface area contributed by atoms with E-state index in [0.29, 0.717) is 42.6 Å². The zero-order valence-electron chi connectivity index (χ0n) is 25.1. The Kier molecular flexibility index (Phi) is 7.24. The monoisotopic (exact) mass is 591 g/mol. The van der Waals surface area contributed by atoms with Crippen LogP contribution in [-0.4, -0.2) is 44.5 Å². The number of aryl methyl sites for hydroxylation is 1. The van der Waals surface area contributed by atoms with Gasteiger partial charge in [0, 0.05) is 34.0 Å². The van der Waals surface area contributed by atoms with Gasteiger partial charge in [-0.15, -0.1) is 0 Å². The standard InChI is InChI=1S/C35H37N5O4/c1-20-37-35(39-38-20)28(16-21-8-11-24(41)12-9-21)27-18-25(43-2)19-30-32(27)33-31(22-6-4-3-5-7-22)26-13-10-23(34(36)42)17-29(26)40(33)14-15-44-30/h8-13,17-19,22,28,41H,3-7,14-16H2,1-2H3,(H2,36,42)(H,37,38,39)/t28-/m0/s1. The summed E-state index contributed by atoms with van der Waals surface area (Å²) in [6.45, 7) is 2.97. The van der Waals surface area contributed by atoms with Crippen molar-refractivity contribution in [3.8, 4) is 28.5 Å². The van der Waals surface area contributed by atoms with Crippen molar-refractivity contribution in [3.05, 3.63) is 88.5 Å². The Labute approximate surface area is 256 Å². The van der Waals surface area contributed by atoms with E-state index in [1.807, 2.05) is 37.3 Å². The number of rotatable bonds is 7. The molecule has 1 atom stereocenters. The normalized spacial score (nSPS) is 15.7. The van der Waals surface area contributed by atoms with Gasteiger partial charge in [0.05, 0.1) is 19.3 Å². The average Bonchev–Trinajstić information content (AvgIpc) is 3.55. The molecule has 5 aromatic rings. The van der Waals surface area contributed by atoms with E-state index in [1.54, 1.807) is 19.2 Å². The number of benzene rings is 3. The molecule has 0 unspecified atom stereocenters. The molecular weight excluding hydrogens is 554 g/mol. The summed E-state index contributed by atoms with van der Waals surface area (Å²) in [6.07, 6.45) is 6.47. The minimum Gasteiger partial charge on any atom is -0.508 e. The highest BCUT2D eigenvalue weighted by atomic mass is 16.5. The number of nitrogens with zero attached hydrogens (tertiary/aromatic N) is 3. The SMILES string of the molecule is COc1cc2c(c([C@H](Cc3ccc(O)cc3)c3nc(C)n[nH]3)c1)-c1c(C3CCCCC3)c3ccc(C(N)=O)cc3n1CCO2. The summed E-state index contributed by atoms with van der Waals surface area (Å²) in [7, 11) is 1.67. The number of hydrogen-bond acceptors (Lipinski definition) is 6. The molecule has 2 aliphatic rings. The number of nitrogens with one attached hydrogen (secondary N) is 1. The van der Waals surface area contributed by atoms with Crippen molar-refractivity contribution in [1.29, 1.82) is 0 Å². The van der Waals surface area contributed by atoms with Gasteiger partial charge in [-0.2, -0.15) is 5.10 Å². The van der Waals surface area contributed by atoms with Crippen molar-refractivity contribution >= 4 is 16.8 Å². The minimum absolute atomic E-state index is 0.224. The van der Waals surface area contributed by atoms with Crippen LogP contribution in [0.25, 0.3) is 22.2 Å². The second-order valence-electron chi connectivity index (χ2n) is 12.0. The number of carbonyl (C=O) groups is 1. The summed E-state index contributed by atoms with van der Waals surface area (Å²) in [5, 5.41) is 18.7. The number of phenolic OH excluding ortho intramolecular Hbond substituents is 1. The smallest absolute Gasteiger partial charge is 0.248 e. The van der Waals surface area contributed by atoms with Gasteiger partial charge >= 0.3 is 0 Å². The van der Waals surface area contributed by atoms with E-state index in [2.05, 4.69) is 26.9 Å². The van der Waals surface area contributed by atoms with Crippen LogP contribution in [0.4, 0.5) is 0 Å². The zero-order valence-corrected chi connectivity index (χ0v) is 25.1. The van der Waals surface area contributed by atoms with Gasteiger partial charge in [0.25, 0.3) is 0 Å². The predicted molar refractivity (Wildman–Crippen MR) is 169 cm³/mol. The highest BCUT2D eigenvalue weighted by Crippen LogP contribution is 2.51. The van der Waals surface area contributed by atoms with E-state index in [9.17, 15) is 9.90 Å². The molecule has 2 aromatic heterocycles. The Bertz CT molecular complexity index is 1850. The minimum atomic E-state index is -0.438. The maximum absolute atomic E-state index is 12.3. The number of aromatic hydroxyl groups is 1. The lowest BCUT2D eigenvalue weighted by Gasteiger charge is -2.26. The van der Waals surface area contributed by atoms with E-state index in [-0.39, 0.29) is 11.7 Å². The van der Waals surface area contributed by atoms with Crippen molar-refractivity contribution in [2.45, 2.75) is 63.8 Å². The molecule has 44 heavy (non-hydrogen) atoms. The van der Waals surface area contributed by atoms with Gasteiger partial charge in [-0.1, -0.05) is 37.5 Å². The highest BCUT2D eigenvalue weighted by Gasteiger charge is 2.34. The maximum Gasteiger partial charge on any atom is 0.248 e. The summed E-state index contributed by atoms with van der Waals surface area (Å²) in [4.78, 5) is 17.1. The Balaban J connectivity index is 1.54. The summed E-state index contributed by atoms with van der Waals surface area (Å²) in [5.41, 5.74) is 12.8. The molecular formula is C35H37N5O4. The molecule has 1 aliphatic heterocycles. The van der Waals surface area contributed by atoms with Crippen LogP contribution >= 0.6 is 0 Å². The van der Waals surface area contributed by atoms with E-state index >= 15 is 0 Å². The number of nitrogens with two attached hydrogens (primary N) is 1. The number of hydrogen-bond donors (Lipinski definition) is 3. The first-order valence-corrected chi connectivity index (χ1v) is 15.4. The highest BCUT2D eigenvalue weighted by molar-refractivity contribution is 6.01. The molecule has 3 heterocycles. The van der Waals surface area contributed by atoms with Crippen molar-refractivity contribution < 1.29 is 19.4 Å². The Morgan fingerprint density at radius 2 is 1.93 bits per heavy atom. The van der Waals surface area contributed by atoms with Gasteiger partial charge < -0.3 is 24.9 Å². The molecule has 9 nitrogen and oxygen atoms in total. The van der Waals surface area contributed by atoms with Gasteiger partial charge in [-0.3, -0.25) is 9.89 Å². The molecule has 1 fully saturated rings. The Morgan fingerprint density at radius 3 is 2.64 bits per heavy atom. The molecule has 0 bridgehead atoms. The second kappa shape index (κ2) is 11.4. The van der Waals surface area contributed by atoms with Crippen molar-refractivity contribution in [2.75, 3.05) is 13.7 Å². The van der Waals surface area contributed by atoms with Crippen molar-refractivity contribution in [3.63, 3.8) is 0 Å². The van der Waals surface area contributed by atoms with Crippen LogP contribution in [0.5, 0.6) is 17.2 Å². The van der Waals surface area contributed by atoms with Crippen LogP contribution in [0.2, 0.25) is 0 Å². The number of aromatic amines is 1. The number of methoxy groups -OCH3 is 1. The first-order chi connectivity index (χ1) is 21.4. The average molecular weight is 592 g/mol. The number of amides is 1. The molecule has 4 N–H and O–H groups in total. The lowest BCUT2D eigenvalue weighted by molar-refractivity contribution is 0.100. The number of phenols is 1. The first-order valence-electron chi connectivity index (χ1n) is 15.4. The second-order valence-corrected chi connectivity index (χ2v) is 12.0. The lowest BCUT2D eigenvalue weighted by Crippen LogP contribution is -2.12. The van der Waals surface area contributed by atoms with E-state index in [1.165, 1.54) is 24.8 Å². The van der Waals surface area contributed by atoms with Crippen LogP contribution in [0.15, 0.2) is 54.6 Å². The molecule has 226 valence electrons. The molecule has 0 radical (unpaired) electrons. The topological polar surface area (TPSA) is 128 Å². The van der Waals surface area contributed by atoms with Gasteiger partial charge in [0.15, 0.2) is 0 Å². The fourth-order valence-corrected chi connectivity index (χ4v) is 7.19. The molecule has 3 aromatic carbocycles. The first kappa shape index (κ1) is 28.0. The fourth-order valence-electron chi connectivity index (χ4n) is 7.19. The third-order valence-corrected chi connectivity index (χ3v) is 9.25. The van der Waals surface area contributed by atoms with E-state index in [4.69, 9.17) is 20.2 Å². The number of fused-ring (bicyclic) bond motifs is 5. The van der Waals surface area contributed by atoms with Gasteiger partial charge in [0.1, 0.15) is 35.5 Å². The van der Waals surface area contributed by atoms with Crippen LogP contribution < -0.4 is 15.2 Å². The molecule has 1 amide bonds. The summed E-state index contributed by atoms with van der Waals surface area (Å²) < 4.78 is 14.7. The summed E-state index contributed by atoms with van der Waals surface area (Å²) in [6, 6.07) is 17.3. The molecule has 7 rings (SSSR count). The number of H-pyrrole nitrogens is 1. The number of aromatic nitrogens is 4. The van der Waals surface area contributed by atoms with Crippen LogP contribution in [0, 0.1) is 6.92 Å². The molecule has 0 saturated heterocycles. The quantitative estimate of drug-likeness (QED) is 0.202. The molecule has 9 heteroatoms. The van der Waals surface area contributed by atoms with Crippen molar-refractivity contribution in [2.24, 2.45) is 5.73 Å². The summed E-state index contributed by atoms with van der Waals surface area (Å²) >= 11 is 0. The maximum atomic E-state index is 12.3. The van der Waals surface area contributed by atoms with Gasteiger partial charge in [-0.05, 0) is 79.1 Å². The molecule has 0 spiro atoms. The summed E-state index contributed by atoms with van der Waals surface area (Å²) in [5.74, 6) is 2.81. The molecule has 1 aliphatic carbocycles. The Morgan fingerprint density at radius 1 is 1.14 bits per heavy atom. The fraction of sp³-hybridized carbons (Fsp3) is 0.343. The lowest BCUT2D eigenvalue weighted by atomic mass is 9.79. The Hall–Kier alpha value is -4.79. The van der Waals surface area contributed by atoms with Gasteiger partial charge in [-0.25, -0.2) is 4.98 Å². The van der Waals surface area contributed by atoms with E-state index < -0.39 is 5.91 Å². The number of carbonyl (C=O) groups excluding carboxylic acids is 1. The number of primary amides is 1.